The zero-order valence-electron chi connectivity index (χ0n) is 12.1. The highest BCUT2D eigenvalue weighted by Gasteiger charge is 2.12. The van der Waals surface area contributed by atoms with E-state index in [4.69, 9.17) is 11.6 Å². The summed E-state index contributed by atoms with van der Waals surface area (Å²) >= 11 is 7.76. The molecule has 0 spiro atoms. The van der Waals surface area contributed by atoms with Crippen LogP contribution >= 0.6 is 22.9 Å². The first kappa shape index (κ1) is 15.8. The van der Waals surface area contributed by atoms with Crippen molar-refractivity contribution >= 4 is 34.7 Å². The van der Waals surface area contributed by atoms with E-state index < -0.39 is 0 Å². The number of halogens is 1. The molecule has 0 aromatic carbocycles. The highest BCUT2D eigenvalue weighted by Crippen LogP contribution is 2.19. The molecule has 0 radical (unpaired) electrons. The zero-order chi connectivity index (χ0) is 15.2. The third-order valence-electron chi connectivity index (χ3n) is 2.95. The van der Waals surface area contributed by atoms with Crippen LogP contribution in [0.2, 0.25) is 5.02 Å². The van der Waals surface area contributed by atoms with E-state index in [-0.39, 0.29) is 5.91 Å². The summed E-state index contributed by atoms with van der Waals surface area (Å²) in [5.41, 5.74) is 0.440. The van der Waals surface area contributed by atoms with Gasteiger partial charge in [0.25, 0.3) is 5.91 Å². The van der Waals surface area contributed by atoms with Gasteiger partial charge in [0.1, 0.15) is 5.82 Å². The maximum absolute atomic E-state index is 12.2. The fourth-order valence-electron chi connectivity index (χ4n) is 1.86. The number of nitrogens with zero attached hydrogens (tertiary/aromatic N) is 1. The van der Waals surface area contributed by atoms with Gasteiger partial charge in [0, 0.05) is 22.5 Å². The Balaban J connectivity index is 2.03. The summed E-state index contributed by atoms with van der Waals surface area (Å²) in [7, 11) is 0. The fourth-order valence-corrected chi connectivity index (χ4v) is 2.95. The van der Waals surface area contributed by atoms with E-state index in [1.54, 1.807) is 17.4 Å². The van der Waals surface area contributed by atoms with E-state index in [1.165, 1.54) is 11.1 Å². The summed E-state index contributed by atoms with van der Waals surface area (Å²) in [4.78, 5) is 18.8. The van der Waals surface area contributed by atoms with E-state index in [0.29, 0.717) is 22.9 Å². The van der Waals surface area contributed by atoms with E-state index in [2.05, 4.69) is 28.6 Å². The van der Waals surface area contributed by atoms with Crippen LogP contribution in [0.3, 0.4) is 0 Å². The van der Waals surface area contributed by atoms with Crippen molar-refractivity contribution in [3.63, 3.8) is 0 Å². The Labute approximate surface area is 133 Å². The summed E-state index contributed by atoms with van der Waals surface area (Å²) in [5.74, 6) is 0.462. The van der Waals surface area contributed by atoms with Gasteiger partial charge < -0.3 is 10.6 Å². The van der Waals surface area contributed by atoms with Crippen LogP contribution in [0.1, 0.15) is 34.0 Å². The van der Waals surface area contributed by atoms with E-state index in [0.717, 1.165) is 17.8 Å². The molecule has 2 aromatic rings. The summed E-state index contributed by atoms with van der Waals surface area (Å²) in [6.07, 6.45) is 2.51. The average Bonchev–Trinajstić information content (AvgIpc) is 2.95. The van der Waals surface area contributed by atoms with Crippen molar-refractivity contribution in [2.75, 3.05) is 11.9 Å². The number of nitrogens with one attached hydrogen (secondary N) is 2. The Morgan fingerprint density at radius 2 is 2.10 bits per heavy atom. The lowest BCUT2D eigenvalue weighted by Gasteiger charge is -2.08. The summed E-state index contributed by atoms with van der Waals surface area (Å²) < 4.78 is 0. The van der Waals surface area contributed by atoms with E-state index in [1.807, 2.05) is 13.0 Å². The van der Waals surface area contributed by atoms with Crippen molar-refractivity contribution < 1.29 is 4.79 Å². The number of thiophene rings is 1. The number of amides is 1. The minimum Gasteiger partial charge on any atom is -0.370 e. The van der Waals surface area contributed by atoms with Crippen LogP contribution in [0, 0.1) is 0 Å². The number of rotatable bonds is 6. The second-order valence-corrected chi connectivity index (χ2v) is 6.14. The molecule has 2 heterocycles. The molecule has 21 heavy (non-hydrogen) atoms. The lowest BCUT2D eigenvalue weighted by molar-refractivity contribution is 0.0951. The van der Waals surface area contributed by atoms with Crippen LogP contribution in [0.15, 0.2) is 24.4 Å². The van der Waals surface area contributed by atoms with Crippen LogP contribution in [0.25, 0.3) is 0 Å². The molecule has 1 amide bonds. The molecular formula is C15H18ClN3OS. The second kappa shape index (κ2) is 7.43. The second-order valence-electron chi connectivity index (χ2n) is 4.48. The van der Waals surface area contributed by atoms with Gasteiger partial charge in [-0.1, -0.05) is 18.5 Å². The molecule has 2 rings (SSSR count). The number of carbonyl (C=O) groups excluding carboxylic acids is 1. The summed E-state index contributed by atoms with van der Waals surface area (Å²) in [6, 6.07) is 5.81. The lowest BCUT2D eigenvalue weighted by Crippen LogP contribution is -2.23. The molecule has 0 atom stereocenters. The van der Waals surface area contributed by atoms with Gasteiger partial charge in [-0.15, -0.1) is 11.3 Å². The molecule has 0 aliphatic carbocycles. The third kappa shape index (κ3) is 4.19. The number of carbonyl (C=O) groups is 1. The molecular weight excluding hydrogens is 306 g/mol. The van der Waals surface area contributed by atoms with Gasteiger partial charge in [-0.3, -0.25) is 4.79 Å². The minimum absolute atomic E-state index is 0.187. The maximum Gasteiger partial charge on any atom is 0.253 e. The van der Waals surface area contributed by atoms with Crippen molar-refractivity contribution in [1.82, 2.24) is 10.3 Å². The van der Waals surface area contributed by atoms with Gasteiger partial charge in [0.05, 0.1) is 17.1 Å². The molecule has 0 aliphatic rings. The zero-order valence-corrected chi connectivity index (χ0v) is 13.6. The molecule has 0 aliphatic heterocycles. The Morgan fingerprint density at radius 3 is 2.76 bits per heavy atom. The topological polar surface area (TPSA) is 54.0 Å². The third-order valence-corrected chi connectivity index (χ3v) is 4.48. The van der Waals surface area contributed by atoms with E-state index in [9.17, 15) is 4.79 Å². The minimum atomic E-state index is -0.187. The van der Waals surface area contributed by atoms with Crippen LogP contribution in [0.4, 0.5) is 5.82 Å². The van der Waals surface area contributed by atoms with Crippen molar-refractivity contribution in [1.29, 1.82) is 0 Å². The van der Waals surface area contributed by atoms with Crippen molar-refractivity contribution in [3.8, 4) is 0 Å². The molecule has 0 saturated carbocycles. The number of hydrogen-bond acceptors (Lipinski definition) is 4. The van der Waals surface area contributed by atoms with Crippen LogP contribution in [-0.4, -0.2) is 17.4 Å². The Morgan fingerprint density at radius 1 is 1.33 bits per heavy atom. The molecule has 0 unspecified atom stereocenters. The molecule has 0 saturated heterocycles. The van der Waals surface area contributed by atoms with Gasteiger partial charge in [0.15, 0.2) is 0 Å². The number of aryl methyl sites for hydroxylation is 1. The summed E-state index contributed by atoms with van der Waals surface area (Å²) in [5, 5.41) is 6.32. The molecule has 112 valence electrons. The predicted octanol–water partition coefficient (Wildman–Crippen LogP) is 3.72. The van der Waals surface area contributed by atoms with Gasteiger partial charge >= 0.3 is 0 Å². The average molecular weight is 324 g/mol. The van der Waals surface area contributed by atoms with Crippen molar-refractivity contribution in [3.05, 3.63) is 44.7 Å². The van der Waals surface area contributed by atoms with Gasteiger partial charge in [-0.05, 0) is 31.5 Å². The highest BCUT2D eigenvalue weighted by molar-refractivity contribution is 7.11. The monoisotopic (exact) mass is 323 g/mol. The first-order chi connectivity index (χ1) is 10.1. The smallest absolute Gasteiger partial charge is 0.253 e. The lowest BCUT2D eigenvalue weighted by atomic mass is 10.2. The Hall–Kier alpha value is -1.59. The van der Waals surface area contributed by atoms with Crippen LogP contribution < -0.4 is 10.6 Å². The van der Waals surface area contributed by atoms with E-state index >= 15 is 0 Å². The molecule has 6 heteroatoms. The molecule has 2 N–H and O–H groups in total. The largest absolute Gasteiger partial charge is 0.370 e. The standard InChI is InChI=1S/C15H18ClN3OS/c1-3-10-5-6-11(21-10)8-19-15(20)12-7-14(17-4-2)18-9-13(12)16/h5-7,9H,3-4,8H2,1-2H3,(H,17,18)(H,19,20). The highest BCUT2D eigenvalue weighted by atomic mass is 35.5. The number of aromatic nitrogens is 1. The molecule has 0 fully saturated rings. The number of hydrogen-bond donors (Lipinski definition) is 2. The Bertz CT molecular complexity index is 627. The number of anilines is 1. The first-order valence-electron chi connectivity index (χ1n) is 6.89. The van der Waals surface area contributed by atoms with Crippen molar-refractivity contribution in [2.24, 2.45) is 0 Å². The Kier molecular flexibility index (Phi) is 5.59. The molecule has 4 nitrogen and oxygen atoms in total. The number of pyridine rings is 1. The van der Waals surface area contributed by atoms with Gasteiger partial charge in [-0.2, -0.15) is 0 Å². The molecule has 2 aromatic heterocycles. The predicted molar refractivity (Wildman–Crippen MR) is 88.3 cm³/mol. The maximum atomic E-state index is 12.2. The summed E-state index contributed by atoms with van der Waals surface area (Å²) in [6.45, 7) is 5.34. The quantitative estimate of drug-likeness (QED) is 0.852. The molecule has 0 bridgehead atoms. The normalized spacial score (nSPS) is 10.4. The van der Waals surface area contributed by atoms with Crippen LogP contribution in [0.5, 0.6) is 0 Å². The SMILES string of the molecule is CCNc1cc(C(=O)NCc2ccc(CC)s2)c(Cl)cn1. The van der Waals surface area contributed by atoms with Gasteiger partial charge in [0.2, 0.25) is 0 Å². The fraction of sp³-hybridized carbons (Fsp3) is 0.333. The van der Waals surface area contributed by atoms with Crippen LogP contribution in [-0.2, 0) is 13.0 Å². The van der Waals surface area contributed by atoms with Crippen molar-refractivity contribution in [2.45, 2.75) is 26.8 Å². The van der Waals surface area contributed by atoms with Gasteiger partial charge in [-0.25, -0.2) is 4.98 Å². The first-order valence-corrected chi connectivity index (χ1v) is 8.08.